The average molecular weight is 288 g/mol. The van der Waals surface area contributed by atoms with E-state index in [1.165, 1.54) is 12.1 Å². The second kappa shape index (κ2) is 4.72. The van der Waals surface area contributed by atoms with Crippen molar-refractivity contribution < 1.29 is 4.39 Å². The molecule has 20 heavy (non-hydrogen) atoms. The van der Waals surface area contributed by atoms with Crippen molar-refractivity contribution in [2.24, 2.45) is 0 Å². The van der Waals surface area contributed by atoms with Crippen LogP contribution in [0.2, 0.25) is 5.02 Å². The van der Waals surface area contributed by atoms with Gasteiger partial charge >= 0.3 is 0 Å². The van der Waals surface area contributed by atoms with E-state index in [4.69, 9.17) is 17.3 Å². The lowest BCUT2D eigenvalue weighted by Crippen LogP contribution is -1.98. The Kier molecular flexibility index (Phi) is 3.03. The lowest BCUT2D eigenvalue weighted by atomic mass is 10.1. The maximum Gasteiger partial charge on any atom is 0.162 e. The molecular formula is C15H11ClFN3. The molecule has 0 bridgehead atoms. The number of nitrogens with zero attached hydrogens (tertiary/aromatic N) is 2. The van der Waals surface area contributed by atoms with Crippen molar-refractivity contribution in [1.82, 2.24) is 9.97 Å². The summed E-state index contributed by atoms with van der Waals surface area (Å²) in [5, 5.41) is 1.15. The Balaban J connectivity index is 2.21. The van der Waals surface area contributed by atoms with Gasteiger partial charge in [-0.15, -0.1) is 0 Å². The molecule has 0 saturated carbocycles. The number of aromatic nitrogens is 2. The van der Waals surface area contributed by atoms with E-state index in [2.05, 4.69) is 9.97 Å². The van der Waals surface area contributed by atoms with Crippen LogP contribution in [-0.2, 0) is 0 Å². The van der Waals surface area contributed by atoms with Gasteiger partial charge in [-0.1, -0.05) is 23.7 Å². The van der Waals surface area contributed by atoms with Crippen LogP contribution in [0.4, 0.5) is 10.2 Å². The maximum absolute atomic E-state index is 13.2. The average Bonchev–Trinajstić information content (AvgIpc) is 2.42. The summed E-state index contributed by atoms with van der Waals surface area (Å²) in [5.74, 6) is 0.364. The van der Waals surface area contributed by atoms with Crippen LogP contribution in [0.3, 0.4) is 0 Å². The number of hydrogen-bond donors (Lipinski definition) is 1. The van der Waals surface area contributed by atoms with Crippen LogP contribution in [0.25, 0.3) is 22.3 Å². The van der Waals surface area contributed by atoms with Gasteiger partial charge in [0.15, 0.2) is 5.82 Å². The van der Waals surface area contributed by atoms with Gasteiger partial charge < -0.3 is 5.73 Å². The summed E-state index contributed by atoms with van der Waals surface area (Å²) in [7, 11) is 0. The van der Waals surface area contributed by atoms with Crippen molar-refractivity contribution in [3.63, 3.8) is 0 Å². The van der Waals surface area contributed by atoms with Gasteiger partial charge in [-0.2, -0.15) is 0 Å². The Hall–Kier alpha value is -2.20. The number of nitrogens with two attached hydrogens (primary N) is 1. The zero-order valence-electron chi connectivity index (χ0n) is 10.7. The molecule has 0 fully saturated rings. The number of nitrogen functional groups attached to an aromatic ring is 1. The molecule has 3 aromatic rings. The van der Waals surface area contributed by atoms with E-state index in [9.17, 15) is 4.39 Å². The maximum atomic E-state index is 13.2. The SMILES string of the molecule is Cc1ccc(-c2nc(N)c3cc(F)ccc3n2)cc1Cl. The Morgan fingerprint density at radius 1 is 1.10 bits per heavy atom. The van der Waals surface area contributed by atoms with E-state index in [0.29, 0.717) is 21.7 Å². The van der Waals surface area contributed by atoms with Gasteiger partial charge in [-0.3, -0.25) is 0 Å². The Morgan fingerprint density at radius 2 is 1.90 bits per heavy atom. The molecule has 0 aliphatic heterocycles. The highest BCUT2D eigenvalue weighted by Crippen LogP contribution is 2.26. The number of anilines is 1. The number of aryl methyl sites for hydroxylation is 1. The molecule has 5 heteroatoms. The number of fused-ring (bicyclic) bond motifs is 1. The van der Waals surface area contributed by atoms with Gasteiger partial charge in [-0.05, 0) is 36.8 Å². The molecule has 0 radical (unpaired) electrons. The van der Waals surface area contributed by atoms with Crippen molar-refractivity contribution >= 4 is 28.3 Å². The molecular weight excluding hydrogens is 277 g/mol. The smallest absolute Gasteiger partial charge is 0.162 e. The van der Waals surface area contributed by atoms with Crippen LogP contribution < -0.4 is 5.73 Å². The topological polar surface area (TPSA) is 51.8 Å². The first kappa shape index (κ1) is 12.8. The van der Waals surface area contributed by atoms with Crippen molar-refractivity contribution in [2.45, 2.75) is 6.92 Å². The number of halogens is 2. The van der Waals surface area contributed by atoms with Crippen LogP contribution in [0.15, 0.2) is 36.4 Å². The first-order valence-corrected chi connectivity index (χ1v) is 6.42. The lowest BCUT2D eigenvalue weighted by molar-refractivity contribution is 0.629. The molecule has 0 saturated heterocycles. The molecule has 3 rings (SSSR count). The van der Waals surface area contributed by atoms with Gasteiger partial charge in [0.05, 0.1) is 5.52 Å². The third-order valence-electron chi connectivity index (χ3n) is 3.12. The summed E-state index contributed by atoms with van der Waals surface area (Å²) in [6.45, 7) is 1.92. The molecule has 2 aromatic carbocycles. The zero-order valence-corrected chi connectivity index (χ0v) is 11.4. The number of rotatable bonds is 1. The van der Waals surface area contributed by atoms with Crippen molar-refractivity contribution in [1.29, 1.82) is 0 Å². The summed E-state index contributed by atoms with van der Waals surface area (Å²) in [4.78, 5) is 8.63. The number of hydrogen-bond acceptors (Lipinski definition) is 3. The first-order chi connectivity index (χ1) is 9.54. The fourth-order valence-corrected chi connectivity index (χ4v) is 2.17. The summed E-state index contributed by atoms with van der Waals surface area (Å²) in [6, 6.07) is 9.83. The molecule has 100 valence electrons. The minimum absolute atomic E-state index is 0.251. The second-order valence-electron chi connectivity index (χ2n) is 4.56. The minimum Gasteiger partial charge on any atom is -0.383 e. The first-order valence-electron chi connectivity index (χ1n) is 6.04. The molecule has 0 unspecified atom stereocenters. The van der Waals surface area contributed by atoms with E-state index < -0.39 is 0 Å². The third kappa shape index (κ3) is 2.18. The largest absolute Gasteiger partial charge is 0.383 e. The summed E-state index contributed by atoms with van der Waals surface area (Å²) < 4.78 is 13.2. The highest BCUT2D eigenvalue weighted by atomic mass is 35.5. The van der Waals surface area contributed by atoms with Crippen molar-refractivity contribution in [3.05, 3.63) is 52.8 Å². The summed E-state index contributed by atoms with van der Waals surface area (Å²) >= 11 is 6.11. The second-order valence-corrected chi connectivity index (χ2v) is 4.97. The highest BCUT2D eigenvalue weighted by molar-refractivity contribution is 6.31. The van der Waals surface area contributed by atoms with E-state index in [1.807, 2.05) is 19.1 Å². The van der Waals surface area contributed by atoms with Crippen LogP contribution in [0.1, 0.15) is 5.56 Å². The predicted octanol–water partition coefficient (Wildman–Crippen LogP) is 3.98. The van der Waals surface area contributed by atoms with Crippen LogP contribution in [0, 0.1) is 12.7 Å². The Bertz CT molecular complexity index is 818. The fraction of sp³-hybridized carbons (Fsp3) is 0.0667. The molecule has 0 aliphatic rings. The Labute approximate surface area is 120 Å². The standard InChI is InChI=1S/C15H11ClFN3/c1-8-2-3-9(6-12(8)16)15-19-13-5-4-10(17)7-11(13)14(18)20-15/h2-7H,1H3,(H2,18,19,20). The minimum atomic E-state index is -0.362. The van der Waals surface area contributed by atoms with Gasteiger partial charge in [0, 0.05) is 16.0 Å². The molecule has 0 amide bonds. The molecule has 3 nitrogen and oxygen atoms in total. The highest BCUT2D eigenvalue weighted by Gasteiger charge is 2.09. The Morgan fingerprint density at radius 3 is 2.65 bits per heavy atom. The molecule has 1 aromatic heterocycles. The van der Waals surface area contributed by atoms with Crippen LogP contribution >= 0.6 is 11.6 Å². The fourth-order valence-electron chi connectivity index (χ4n) is 1.99. The molecule has 0 spiro atoms. The van der Waals surface area contributed by atoms with Crippen LogP contribution in [0.5, 0.6) is 0 Å². The molecule has 2 N–H and O–H groups in total. The zero-order chi connectivity index (χ0) is 14.3. The molecule has 1 heterocycles. The summed E-state index contributed by atoms with van der Waals surface area (Å²) in [6.07, 6.45) is 0. The van der Waals surface area contributed by atoms with Gasteiger partial charge in [0.25, 0.3) is 0 Å². The van der Waals surface area contributed by atoms with Crippen molar-refractivity contribution in [3.8, 4) is 11.4 Å². The summed E-state index contributed by atoms with van der Waals surface area (Å²) in [5.41, 5.74) is 8.24. The monoisotopic (exact) mass is 287 g/mol. The van der Waals surface area contributed by atoms with E-state index >= 15 is 0 Å². The lowest BCUT2D eigenvalue weighted by Gasteiger charge is -2.07. The van der Waals surface area contributed by atoms with Gasteiger partial charge in [0.1, 0.15) is 11.6 Å². The predicted molar refractivity (Wildman–Crippen MR) is 79.1 cm³/mol. The molecule has 0 aliphatic carbocycles. The van der Waals surface area contributed by atoms with E-state index in [0.717, 1.165) is 11.1 Å². The van der Waals surface area contributed by atoms with E-state index in [1.54, 1.807) is 12.1 Å². The quantitative estimate of drug-likeness (QED) is 0.736. The van der Waals surface area contributed by atoms with Gasteiger partial charge in [-0.25, -0.2) is 14.4 Å². The normalized spacial score (nSPS) is 10.9. The van der Waals surface area contributed by atoms with Gasteiger partial charge in [0.2, 0.25) is 0 Å². The number of benzene rings is 2. The van der Waals surface area contributed by atoms with Crippen LogP contribution in [-0.4, -0.2) is 9.97 Å². The van der Waals surface area contributed by atoms with E-state index in [-0.39, 0.29) is 11.6 Å². The molecule has 0 atom stereocenters. The third-order valence-corrected chi connectivity index (χ3v) is 3.52. The van der Waals surface area contributed by atoms with Crippen molar-refractivity contribution in [2.75, 3.05) is 5.73 Å².